The van der Waals surface area contributed by atoms with Gasteiger partial charge in [0.1, 0.15) is 11.8 Å². The third kappa shape index (κ3) is 8.43. The number of carboxylic acid groups (broad SMARTS) is 1. The number of benzene rings is 1. The fraction of sp³-hybridized carbons (Fsp3) is 0.471. The number of nitrogens with one attached hydrogen (secondary N) is 2. The monoisotopic (exact) mass is 390 g/mol. The molecule has 0 aromatic heterocycles. The highest BCUT2D eigenvalue weighted by molar-refractivity contribution is 5.88. The quantitative estimate of drug-likeness (QED) is 0.597. The molecule has 2 amide bonds. The van der Waals surface area contributed by atoms with Gasteiger partial charge < -0.3 is 20.5 Å². The number of alkyl halides is 3. The number of halogens is 3. The number of carboxylic acids is 1. The van der Waals surface area contributed by atoms with Gasteiger partial charge in [0.15, 0.2) is 6.61 Å². The second-order valence-electron chi connectivity index (χ2n) is 6.18. The van der Waals surface area contributed by atoms with E-state index >= 15 is 0 Å². The van der Waals surface area contributed by atoms with E-state index in [-0.39, 0.29) is 18.1 Å². The predicted molar refractivity (Wildman–Crippen MR) is 89.0 cm³/mol. The van der Waals surface area contributed by atoms with E-state index in [9.17, 15) is 27.6 Å². The lowest BCUT2D eigenvalue weighted by Crippen LogP contribution is -2.46. The molecule has 1 aromatic carbocycles. The Balaban J connectivity index is 2.40. The largest absolute Gasteiger partial charge is 0.484 e. The lowest BCUT2D eigenvalue weighted by molar-refractivity contribution is -0.142. The van der Waals surface area contributed by atoms with Gasteiger partial charge in [0, 0.05) is 0 Å². The molecule has 0 saturated heterocycles. The van der Waals surface area contributed by atoms with Gasteiger partial charge in [-0.1, -0.05) is 13.8 Å². The molecule has 0 aliphatic heterocycles. The van der Waals surface area contributed by atoms with Gasteiger partial charge >= 0.3 is 12.1 Å². The molecule has 1 atom stereocenters. The summed E-state index contributed by atoms with van der Waals surface area (Å²) in [5, 5.41) is 13.6. The van der Waals surface area contributed by atoms with Crippen LogP contribution in [0.4, 0.5) is 13.2 Å². The standard InChI is InChI=1S/C17H21F3N2O5/c1-10(2)7-13(16(25)26)22-14(23)8-21-15(24)9-27-12-5-3-11(4-6-12)17(18,19)20/h3-6,10,13H,7-9H2,1-2H3,(H,21,24)(H,22,23)(H,25,26)/t13-/m0/s1. The van der Waals surface area contributed by atoms with Crippen molar-refractivity contribution < 1.29 is 37.4 Å². The van der Waals surface area contributed by atoms with Crippen LogP contribution in [0, 0.1) is 5.92 Å². The van der Waals surface area contributed by atoms with Crippen molar-refractivity contribution in [2.45, 2.75) is 32.5 Å². The second-order valence-corrected chi connectivity index (χ2v) is 6.18. The molecule has 0 spiro atoms. The number of carbonyl (C=O) groups is 3. The van der Waals surface area contributed by atoms with Crippen LogP contribution in [0.3, 0.4) is 0 Å². The van der Waals surface area contributed by atoms with Crippen molar-refractivity contribution in [2.75, 3.05) is 13.2 Å². The minimum atomic E-state index is -4.47. The van der Waals surface area contributed by atoms with Gasteiger partial charge in [0.25, 0.3) is 5.91 Å². The third-order valence-electron chi connectivity index (χ3n) is 3.34. The lowest BCUT2D eigenvalue weighted by atomic mass is 10.0. The van der Waals surface area contributed by atoms with Crippen LogP contribution in [0.2, 0.25) is 0 Å². The summed E-state index contributed by atoms with van der Waals surface area (Å²) < 4.78 is 42.4. The molecule has 0 aliphatic carbocycles. The summed E-state index contributed by atoms with van der Waals surface area (Å²) in [5.74, 6) is -2.41. The van der Waals surface area contributed by atoms with Crippen LogP contribution in [-0.2, 0) is 20.6 Å². The van der Waals surface area contributed by atoms with Crippen LogP contribution >= 0.6 is 0 Å². The Morgan fingerprint density at radius 1 is 1.11 bits per heavy atom. The predicted octanol–water partition coefficient (Wildman–Crippen LogP) is 1.82. The molecule has 0 aliphatic rings. The maximum atomic E-state index is 12.4. The van der Waals surface area contributed by atoms with Crippen molar-refractivity contribution in [3.8, 4) is 5.75 Å². The van der Waals surface area contributed by atoms with Crippen molar-refractivity contribution >= 4 is 17.8 Å². The number of hydrogen-bond donors (Lipinski definition) is 3. The Morgan fingerprint density at radius 3 is 2.19 bits per heavy atom. The summed E-state index contributed by atoms with van der Waals surface area (Å²) in [6.07, 6.45) is -4.22. The summed E-state index contributed by atoms with van der Waals surface area (Å²) >= 11 is 0. The van der Waals surface area contributed by atoms with Gasteiger partial charge in [-0.25, -0.2) is 4.79 Å². The summed E-state index contributed by atoms with van der Waals surface area (Å²) in [6, 6.07) is 2.74. The SMILES string of the molecule is CC(C)C[C@H](NC(=O)CNC(=O)COc1ccc(C(F)(F)F)cc1)C(=O)O. The van der Waals surface area contributed by atoms with Crippen LogP contribution in [0.5, 0.6) is 5.75 Å². The second kappa shape index (κ2) is 9.79. The van der Waals surface area contributed by atoms with E-state index in [1.54, 1.807) is 0 Å². The molecule has 1 rings (SSSR count). The van der Waals surface area contributed by atoms with Gasteiger partial charge in [-0.3, -0.25) is 9.59 Å². The molecule has 150 valence electrons. The Hall–Kier alpha value is -2.78. The van der Waals surface area contributed by atoms with E-state index in [1.165, 1.54) is 0 Å². The minimum Gasteiger partial charge on any atom is -0.484 e. The van der Waals surface area contributed by atoms with Gasteiger partial charge in [-0.05, 0) is 36.6 Å². The molecule has 0 fully saturated rings. The summed E-state index contributed by atoms with van der Waals surface area (Å²) in [4.78, 5) is 34.4. The van der Waals surface area contributed by atoms with E-state index in [4.69, 9.17) is 9.84 Å². The first kappa shape index (κ1) is 22.3. The molecule has 1 aromatic rings. The molecule has 3 N–H and O–H groups in total. The smallest absolute Gasteiger partial charge is 0.416 e. The first-order valence-electron chi connectivity index (χ1n) is 8.08. The number of ether oxygens (including phenoxy) is 1. The van der Waals surface area contributed by atoms with Gasteiger partial charge in [0.2, 0.25) is 5.91 Å². The zero-order valence-electron chi connectivity index (χ0n) is 14.8. The maximum absolute atomic E-state index is 12.4. The van der Waals surface area contributed by atoms with Crippen molar-refractivity contribution in [3.05, 3.63) is 29.8 Å². The third-order valence-corrected chi connectivity index (χ3v) is 3.34. The highest BCUT2D eigenvalue weighted by atomic mass is 19.4. The topological polar surface area (TPSA) is 105 Å². The number of carbonyl (C=O) groups excluding carboxylic acids is 2. The highest BCUT2D eigenvalue weighted by Crippen LogP contribution is 2.30. The van der Waals surface area contributed by atoms with Crippen LogP contribution < -0.4 is 15.4 Å². The molecule has 0 unspecified atom stereocenters. The Kier molecular flexibility index (Phi) is 8.07. The average Bonchev–Trinajstić information content (AvgIpc) is 2.56. The number of amides is 2. The first-order chi connectivity index (χ1) is 12.5. The molecule has 0 radical (unpaired) electrons. The molecule has 27 heavy (non-hydrogen) atoms. The average molecular weight is 390 g/mol. The molecule has 10 heteroatoms. The van der Waals surface area contributed by atoms with Gasteiger partial charge in [-0.15, -0.1) is 0 Å². The normalized spacial score (nSPS) is 12.4. The van der Waals surface area contributed by atoms with Crippen LogP contribution in [-0.4, -0.2) is 42.1 Å². The Labute approximate surface area is 153 Å². The van der Waals surface area contributed by atoms with E-state index in [1.807, 2.05) is 13.8 Å². The van der Waals surface area contributed by atoms with Crippen molar-refractivity contribution in [2.24, 2.45) is 5.92 Å². The Morgan fingerprint density at radius 2 is 1.70 bits per heavy atom. The molecular weight excluding hydrogens is 369 g/mol. The maximum Gasteiger partial charge on any atom is 0.416 e. The molecule has 7 nitrogen and oxygen atoms in total. The first-order valence-corrected chi connectivity index (χ1v) is 8.08. The summed E-state index contributed by atoms with van der Waals surface area (Å²) in [5.41, 5.74) is -0.842. The van der Waals surface area contributed by atoms with E-state index in [0.29, 0.717) is 0 Å². The van der Waals surface area contributed by atoms with Gasteiger partial charge in [-0.2, -0.15) is 13.2 Å². The number of aliphatic carboxylic acids is 1. The zero-order chi connectivity index (χ0) is 20.6. The van der Waals surface area contributed by atoms with Crippen LogP contribution in [0.25, 0.3) is 0 Å². The number of hydrogen-bond acceptors (Lipinski definition) is 4. The lowest BCUT2D eigenvalue weighted by Gasteiger charge is -2.16. The van der Waals surface area contributed by atoms with Crippen molar-refractivity contribution in [1.29, 1.82) is 0 Å². The molecular formula is C17H21F3N2O5. The van der Waals surface area contributed by atoms with Crippen LogP contribution in [0.15, 0.2) is 24.3 Å². The fourth-order valence-electron chi connectivity index (χ4n) is 2.06. The molecule has 0 heterocycles. The zero-order valence-corrected chi connectivity index (χ0v) is 14.8. The number of rotatable bonds is 9. The van der Waals surface area contributed by atoms with Gasteiger partial charge in [0.05, 0.1) is 12.1 Å². The molecule has 0 bridgehead atoms. The highest BCUT2D eigenvalue weighted by Gasteiger charge is 2.30. The van der Waals surface area contributed by atoms with Crippen molar-refractivity contribution in [3.63, 3.8) is 0 Å². The van der Waals surface area contributed by atoms with E-state index in [2.05, 4.69) is 10.6 Å². The minimum absolute atomic E-state index is 0.0538. The molecule has 0 saturated carbocycles. The summed E-state index contributed by atoms with van der Waals surface area (Å²) in [7, 11) is 0. The van der Waals surface area contributed by atoms with E-state index in [0.717, 1.165) is 24.3 Å². The fourth-order valence-corrected chi connectivity index (χ4v) is 2.06. The summed E-state index contributed by atoms with van der Waals surface area (Å²) in [6.45, 7) is 2.66. The van der Waals surface area contributed by atoms with Crippen LogP contribution in [0.1, 0.15) is 25.8 Å². The van der Waals surface area contributed by atoms with Crippen molar-refractivity contribution in [1.82, 2.24) is 10.6 Å². The Bertz CT molecular complexity index is 660. The van der Waals surface area contributed by atoms with E-state index < -0.39 is 48.7 Å².